The van der Waals surface area contributed by atoms with E-state index in [1.807, 2.05) is 0 Å². The number of nitrogens with one attached hydrogen (secondary N) is 2. The Morgan fingerprint density at radius 3 is 2.88 bits per heavy atom. The molecule has 0 heterocycles. The molecule has 0 saturated heterocycles. The number of benzene rings is 1. The number of hydrogen-bond donors (Lipinski definition) is 3. The molecule has 0 aliphatic carbocycles. The Morgan fingerprint density at radius 1 is 1.53 bits per heavy atom. The van der Waals surface area contributed by atoms with Crippen molar-refractivity contribution in [1.29, 1.82) is 0 Å². The van der Waals surface area contributed by atoms with Gasteiger partial charge in [0, 0.05) is 11.0 Å². The fraction of sp³-hybridized carbons (Fsp3) is 0.364. The number of nitrogens with zero attached hydrogens (tertiary/aromatic N) is 1. The first-order chi connectivity index (χ1) is 8.17. The number of nitrogens with two attached hydrogens (primary N) is 1. The standard InChI is InChI=1S/C11H16BrFN4/c1-2-3-6-15-11(17-14)16-10-5-4-8(13)7-9(10)12/h4-5,7H,2-3,6,14H2,1H3,(H2,15,16,17). The summed E-state index contributed by atoms with van der Waals surface area (Å²) >= 11 is 3.26. The monoisotopic (exact) mass is 302 g/mol. The van der Waals surface area contributed by atoms with E-state index < -0.39 is 0 Å². The summed E-state index contributed by atoms with van der Waals surface area (Å²) in [6.45, 7) is 2.79. The molecule has 0 aliphatic rings. The number of anilines is 1. The summed E-state index contributed by atoms with van der Waals surface area (Å²) < 4.78 is 13.5. The van der Waals surface area contributed by atoms with Gasteiger partial charge in [0.2, 0.25) is 5.96 Å². The third-order valence-corrected chi connectivity index (χ3v) is 2.76. The number of halogens is 2. The molecule has 0 fully saturated rings. The van der Waals surface area contributed by atoms with Gasteiger partial charge in [-0.15, -0.1) is 0 Å². The first kappa shape index (κ1) is 13.9. The van der Waals surface area contributed by atoms with E-state index in [-0.39, 0.29) is 5.82 Å². The van der Waals surface area contributed by atoms with Crippen LogP contribution in [0, 0.1) is 5.82 Å². The van der Waals surface area contributed by atoms with Crippen molar-refractivity contribution < 1.29 is 4.39 Å². The van der Waals surface area contributed by atoms with Crippen LogP contribution in [-0.2, 0) is 0 Å². The van der Waals surface area contributed by atoms with Gasteiger partial charge >= 0.3 is 0 Å². The van der Waals surface area contributed by atoms with Crippen LogP contribution in [0.4, 0.5) is 10.1 Å². The summed E-state index contributed by atoms with van der Waals surface area (Å²) in [5.41, 5.74) is 3.18. The second-order valence-electron chi connectivity index (χ2n) is 3.48. The lowest BCUT2D eigenvalue weighted by Crippen LogP contribution is -2.36. The SMILES string of the molecule is CCCCN=C(NN)Nc1ccc(F)cc1Br. The Kier molecular flexibility index (Phi) is 5.93. The predicted octanol–water partition coefficient (Wildman–Crippen LogP) is 2.62. The molecule has 0 spiro atoms. The van der Waals surface area contributed by atoms with Gasteiger partial charge in [-0.1, -0.05) is 13.3 Å². The predicted molar refractivity (Wildman–Crippen MR) is 72.3 cm³/mol. The van der Waals surface area contributed by atoms with E-state index in [0.717, 1.165) is 12.8 Å². The minimum Gasteiger partial charge on any atom is -0.324 e. The highest BCUT2D eigenvalue weighted by Crippen LogP contribution is 2.22. The summed E-state index contributed by atoms with van der Waals surface area (Å²) in [7, 11) is 0. The molecular formula is C11H16BrFN4. The molecule has 1 rings (SSSR count). The summed E-state index contributed by atoms with van der Waals surface area (Å²) in [6.07, 6.45) is 2.07. The van der Waals surface area contributed by atoms with E-state index in [4.69, 9.17) is 5.84 Å². The lowest BCUT2D eigenvalue weighted by Gasteiger charge is -2.10. The topological polar surface area (TPSA) is 62.4 Å². The normalized spacial score (nSPS) is 11.4. The second kappa shape index (κ2) is 7.24. The Morgan fingerprint density at radius 2 is 2.29 bits per heavy atom. The van der Waals surface area contributed by atoms with E-state index in [0.29, 0.717) is 22.7 Å². The van der Waals surface area contributed by atoms with Gasteiger partial charge in [0.25, 0.3) is 0 Å². The molecule has 6 heteroatoms. The number of guanidine groups is 1. The maximum Gasteiger partial charge on any atom is 0.210 e. The molecule has 0 unspecified atom stereocenters. The Bertz CT molecular complexity index is 395. The number of rotatable bonds is 4. The van der Waals surface area contributed by atoms with Crippen molar-refractivity contribution >= 4 is 27.6 Å². The lowest BCUT2D eigenvalue weighted by atomic mass is 10.3. The van der Waals surface area contributed by atoms with Gasteiger partial charge in [-0.25, -0.2) is 10.2 Å². The molecule has 0 aromatic heterocycles. The van der Waals surface area contributed by atoms with Crippen LogP contribution >= 0.6 is 15.9 Å². The van der Waals surface area contributed by atoms with Gasteiger partial charge in [0.05, 0.1) is 5.69 Å². The van der Waals surface area contributed by atoms with Crippen molar-refractivity contribution in [3.63, 3.8) is 0 Å². The average molecular weight is 303 g/mol. The minimum atomic E-state index is -0.299. The largest absolute Gasteiger partial charge is 0.324 e. The van der Waals surface area contributed by atoms with Gasteiger partial charge in [-0.05, 0) is 40.5 Å². The van der Waals surface area contributed by atoms with Crippen molar-refractivity contribution in [1.82, 2.24) is 5.43 Å². The third-order valence-electron chi connectivity index (χ3n) is 2.10. The van der Waals surface area contributed by atoms with Crippen LogP contribution in [0.1, 0.15) is 19.8 Å². The molecule has 17 heavy (non-hydrogen) atoms. The molecule has 0 amide bonds. The lowest BCUT2D eigenvalue weighted by molar-refractivity contribution is 0.627. The van der Waals surface area contributed by atoms with E-state index in [1.165, 1.54) is 12.1 Å². The van der Waals surface area contributed by atoms with E-state index in [9.17, 15) is 4.39 Å². The first-order valence-corrected chi connectivity index (χ1v) is 6.19. The fourth-order valence-corrected chi connectivity index (χ4v) is 1.64. The Labute approximate surface area is 109 Å². The van der Waals surface area contributed by atoms with Gasteiger partial charge < -0.3 is 5.32 Å². The van der Waals surface area contributed by atoms with Crippen LogP contribution in [0.2, 0.25) is 0 Å². The minimum absolute atomic E-state index is 0.299. The van der Waals surface area contributed by atoms with E-state index in [2.05, 4.69) is 38.6 Å². The number of hydrogen-bond acceptors (Lipinski definition) is 2. The van der Waals surface area contributed by atoms with Crippen LogP contribution < -0.4 is 16.6 Å². The zero-order chi connectivity index (χ0) is 12.7. The van der Waals surface area contributed by atoms with E-state index >= 15 is 0 Å². The Hall–Kier alpha value is -1.14. The number of aliphatic imine (C=N–C) groups is 1. The molecule has 1 aromatic carbocycles. The van der Waals surface area contributed by atoms with Crippen molar-refractivity contribution in [2.45, 2.75) is 19.8 Å². The molecule has 1 aromatic rings. The maximum absolute atomic E-state index is 12.9. The van der Waals surface area contributed by atoms with Gasteiger partial charge in [-0.3, -0.25) is 10.4 Å². The second-order valence-corrected chi connectivity index (χ2v) is 4.33. The highest BCUT2D eigenvalue weighted by molar-refractivity contribution is 9.10. The van der Waals surface area contributed by atoms with Gasteiger partial charge in [0.1, 0.15) is 5.82 Å². The Balaban J connectivity index is 2.70. The van der Waals surface area contributed by atoms with Crippen LogP contribution in [0.5, 0.6) is 0 Å². The third kappa shape index (κ3) is 4.70. The molecule has 4 nitrogen and oxygen atoms in total. The summed E-state index contributed by atoms with van der Waals surface area (Å²) in [6, 6.07) is 4.36. The van der Waals surface area contributed by atoms with Crippen LogP contribution in [0.3, 0.4) is 0 Å². The highest BCUT2D eigenvalue weighted by Gasteiger charge is 2.03. The van der Waals surface area contributed by atoms with Crippen molar-refractivity contribution in [2.75, 3.05) is 11.9 Å². The molecular weight excluding hydrogens is 287 g/mol. The zero-order valence-corrected chi connectivity index (χ0v) is 11.2. The maximum atomic E-state index is 12.9. The smallest absolute Gasteiger partial charge is 0.210 e. The molecule has 0 atom stereocenters. The molecule has 0 bridgehead atoms. The van der Waals surface area contributed by atoms with Gasteiger partial charge in [-0.2, -0.15) is 0 Å². The number of hydrazine groups is 1. The highest BCUT2D eigenvalue weighted by atomic mass is 79.9. The van der Waals surface area contributed by atoms with Crippen LogP contribution in [0.25, 0.3) is 0 Å². The summed E-state index contributed by atoms with van der Waals surface area (Å²) in [4.78, 5) is 4.25. The van der Waals surface area contributed by atoms with Gasteiger partial charge in [0.15, 0.2) is 0 Å². The quantitative estimate of drug-likeness (QED) is 0.263. The average Bonchev–Trinajstić information content (AvgIpc) is 2.31. The van der Waals surface area contributed by atoms with Crippen molar-refractivity contribution in [3.05, 3.63) is 28.5 Å². The molecule has 0 radical (unpaired) electrons. The van der Waals surface area contributed by atoms with Crippen molar-refractivity contribution in [2.24, 2.45) is 10.8 Å². The summed E-state index contributed by atoms with van der Waals surface area (Å²) in [5, 5.41) is 2.98. The summed E-state index contributed by atoms with van der Waals surface area (Å²) in [5.74, 6) is 5.52. The molecule has 4 N–H and O–H groups in total. The first-order valence-electron chi connectivity index (χ1n) is 5.40. The number of unbranched alkanes of at least 4 members (excludes halogenated alkanes) is 1. The van der Waals surface area contributed by atoms with Crippen LogP contribution in [0.15, 0.2) is 27.7 Å². The van der Waals surface area contributed by atoms with Crippen molar-refractivity contribution in [3.8, 4) is 0 Å². The molecule has 0 aliphatic heterocycles. The zero-order valence-electron chi connectivity index (χ0n) is 9.63. The molecule has 94 valence electrons. The van der Waals surface area contributed by atoms with Crippen LogP contribution in [-0.4, -0.2) is 12.5 Å². The molecule has 0 saturated carbocycles. The fourth-order valence-electron chi connectivity index (χ4n) is 1.19. The van der Waals surface area contributed by atoms with E-state index in [1.54, 1.807) is 6.07 Å².